The minimum atomic E-state index is 0.430. The lowest BCUT2D eigenvalue weighted by atomic mass is 10.2. The van der Waals surface area contributed by atoms with Crippen molar-refractivity contribution in [1.82, 2.24) is 19.7 Å². The van der Waals surface area contributed by atoms with E-state index in [1.807, 2.05) is 17.5 Å². The first kappa shape index (κ1) is 15.0. The van der Waals surface area contributed by atoms with Gasteiger partial charge in [0.2, 0.25) is 11.7 Å². The summed E-state index contributed by atoms with van der Waals surface area (Å²) >= 11 is 1.59. The molecule has 0 fully saturated rings. The maximum absolute atomic E-state index is 5.42. The van der Waals surface area contributed by atoms with Gasteiger partial charge in [-0.1, -0.05) is 17.3 Å². The molecule has 1 aromatic carbocycles. The molecule has 0 saturated carbocycles. The van der Waals surface area contributed by atoms with Crippen LogP contribution in [-0.4, -0.2) is 26.8 Å². The van der Waals surface area contributed by atoms with Crippen LogP contribution < -0.4 is 0 Å². The van der Waals surface area contributed by atoms with Crippen molar-refractivity contribution in [3.8, 4) is 10.7 Å². The molecule has 0 aliphatic carbocycles. The van der Waals surface area contributed by atoms with Gasteiger partial charge in [-0.2, -0.15) is 4.98 Å². The monoisotopic (exact) mass is 340 g/mol. The lowest BCUT2D eigenvalue weighted by Gasteiger charge is -2.05. The van der Waals surface area contributed by atoms with Gasteiger partial charge in [-0.05, 0) is 36.1 Å². The lowest BCUT2D eigenvalue weighted by molar-refractivity contribution is 0.174. The van der Waals surface area contributed by atoms with Crippen molar-refractivity contribution < 1.29 is 9.26 Å². The quantitative estimate of drug-likeness (QED) is 0.555. The fraction of sp³-hybridized carbons (Fsp3) is 0.235. The highest BCUT2D eigenvalue weighted by molar-refractivity contribution is 7.13. The molecule has 4 aromatic rings. The summed E-state index contributed by atoms with van der Waals surface area (Å²) in [7, 11) is 1.66. The van der Waals surface area contributed by atoms with Crippen LogP contribution in [0.4, 0.5) is 0 Å². The molecule has 0 amide bonds. The van der Waals surface area contributed by atoms with Crippen molar-refractivity contribution in [2.75, 3.05) is 7.11 Å². The Hall–Kier alpha value is -2.51. The van der Waals surface area contributed by atoms with Gasteiger partial charge in [0.25, 0.3) is 0 Å². The van der Waals surface area contributed by atoms with E-state index in [-0.39, 0.29) is 0 Å². The Morgan fingerprint density at radius 3 is 2.96 bits per heavy atom. The zero-order chi connectivity index (χ0) is 16.5. The summed E-state index contributed by atoms with van der Waals surface area (Å²) in [5, 5.41) is 6.06. The van der Waals surface area contributed by atoms with E-state index in [9.17, 15) is 0 Å². The van der Waals surface area contributed by atoms with Crippen molar-refractivity contribution in [3.05, 3.63) is 53.0 Å². The molecule has 0 atom stereocenters. The van der Waals surface area contributed by atoms with Crippen molar-refractivity contribution in [1.29, 1.82) is 0 Å². The molecule has 6 nitrogen and oxygen atoms in total. The molecular formula is C17H16N4O2S. The Kier molecular flexibility index (Phi) is 3.87. The third-order valence-electron chi connectivity index (χ3n) is 3.76. The van der Waals surface area contributed by atoms with Crippen molar-refractivity contribution in [3.63, 3.8) is 0 Å². The van der Waals surface area contributed by atoms with Crippen LogP contribution in [0.2, 0.25) is 0 Å². The van der Waals surface area contributed by atoms with E-state index in [1.165, 1.54) is 5.56 Å². The van der Waals surface area contributed by atoms with Crippen LogP contribution in [-0.2, 0) is 17.9 Å². The number of hydrogen-bond acceptors (Lipinski definition) is 6. The van der Waals surface area contributed by atoms with Crippen LogP contribution in [0.3, 0.4) is 0 Å². The molecule has 0 unspecified atom stereocenters. The topological polar surface area (TPSA) is 66.0 Å². The number of thiophene rings is 1. The summed E-state index contributed by atoms with van der Waals surface area (Å²) in [5.41, 5.74) is 3.15. The van der Waals surface area contributed by atoms with Gasteiger partial charge in [-0.15, -0.1) is 11.3 Å². The minimum Gasteiger partial charge on any atom is -0.377 e. The van der Waals surface area contributed by atoms with Gasteiger partial charge < -0.3 is 13.8 Å². The summed E-state index contributed by atoms with van der Waals surface area (Å²) in [4.78, 5) is 10.2. The van der Waals surface area contributed by atoms with E-state index in [0.29, 0.717) is 24.9 Å². The number of methoxy groups -OCH3 is 1. The zero-order valence-corrected chi connectivity index (χ0v) is 14.2. The Balaban J connectivity index is 1.72. The van der Waals surface area contributed by atoms with Crippen LogP contribution in [0.1, 0.15) is 17.3 Å². The van der Waals surface area contributed by atoms with E-state index in [0.717, 1.165) is 21.7 Å². The Morgan fingerprint density at radius 1 is 1.25 bits per heavy atom. The molecule has 0 spiro atoms. The highest BCUT2D eigenvalue weighted by Gasteiger charge is 2.15. The smallest absolute Gasteiger partial charge is 0.246 e. The number of rotatable bonds is 5. The molecule has 0 bridgehead atoms. The first-order valence-corrected chi connectivity index (χ1v) is 8.44. The molecule has 3 aromatic heterocycles. The SMILES string of the molecule is COCc1nc2cc(C)ccc2n1Cc1nc(-c2cccs2)no1. The Morgan fingerprint density at radius 2 is 2.17 bits per heavy atom. The summed E-state index contributed by atoms with van der Waals surface area (Å²) in [5.74, 6) is 2.01. The average molecular weight is 340 g/mol. The molecule has 3 heterocycles. The molecule has 24 heavy (non-hydrogen) atoms. The molecule has 0 saturated heterocycles. The second kappa shape index (κ2) is 6.18. The number of aromatic nitrogens is 4. The number of imidazole rings is 1. The molecule has 0 aliphatic rings. The van der Waals surface area contributed by atoms with Crippen LogP contribution in [0, 0.1) is 6.92 Å². The van der Waals surface area contributed by atoms with Crippen LogP contribution >= 0.6 is 11.3 Å². The van der Waals surface area contributed by atoms with Crippen molar-refractivity contribution in [2.45, 2.75) is 20.1 Å². The van der Waals surface area contributed by atoms with E-state index in [2.05, 4.69) is 44.8 Å². The predicted molar refractivity (Wildman–Crippen MR) is 91.9 cm³/mol. The molecule has 7 heteroatoms. The third kappa shape index (κ3) is 2.72. The van der Waals surface area contributed by atoms with Gasteiger partial charge in [0.1, 0.15) is 19.0 Å². The van der Waals surface area contributed by atoms with Gasteiger partial charge in [0, 0.05) is 7.11 Å². The number of fused-ring (bicyclic) bond motifs is 1. The number of benzene rings is 1. The van der Waals surface area contributed by atoms with Crippen molar-refractivity contribution >= 4 is 22.4 Å². The summed E-state index contributed by atoms with van der Waals surface area (Å²) in [6.07, 6.45) is 0. The zero-order valence-electron chi connectivity index (χ0n) is 13.4. The van der Waals surface area contributed by atoms with Crippen LogP contribution in [0.5, 0.6) is 0 Å². The summed E-state index contributed by atoms with van der Waals surface area (Å²) < 4.78 is 12.8. The first-order chi connectivity index (χ1) is 11.7. The first-order valence-electron chi connectivity index (χ1n) is 7.56. The molecular weight excluding hydrogens is 324 g/mol. The predicted octanol–water partition coefficient (Wildman–Crippen LogP) is 3.65. The third-order valence-corrected chi connectivity index (χ3v) is 4.63. The highest BCUT2D eigenvalue weighted by Crippen LogP contribution is 2.23. The second-order valence-corrected chi connectivity index (χ2v) is 6.48. The van der Waals surface area contributed by atoms with Crippen LogP contribution in [0.25, 0.3) is 21.7 Å². The van der Waals surface area contributed by atoms with E-state index in [4.69, 9.17) is 9.26 Å². The van der Waals surface area contributed by atoms with Crippen LogP contribution in [0.15, 0.2) is 40.2 Å². The highest BCUT2D eigenvalue weighted by atomic mass is 32.1. The van der Waals surface area contributed by atoms with E-state index in [1.54, 1.807) is 18.4 Å². The van der Waals surface area contributed by atoms with Gasteiger partial charge in [-0.3, -0.25) is 0 Å². The largest absolute Gasteiger partial charge is 0.377 e. The fourth-order valence-electron chi connectivity index (χ4n) is 2.67. The lowest BCUT2D eigenvalue weighted by Crippen LogP contribution is -2.06. The summed E-state index contributed by atoms with van der Waals surface area (Å²) in [6.45, 7) is 2.95. The molecule has 0 radical (unpaired) electrons. The Bertz CT molecular complexity index is 972. The average Bonchev–Trinajstić information content (AvgIpc) is 3.29. The normalized spacial score (nSPS) is 11.4. The van der Waals surface area contributed by atoms with E-state index >= 15 is 0 Å². The fourth-order valence-corrected chi connectivity index (χ4v) is 3.31. The molecule has 4 rings (SSSR count). The number of hydrogen-bond donors (Lipinski definition) is 0. The molecule has 122 valence electrons. The molecule has 0 aliphatic heterocycles. The van der Waals surface area contributed by atoms with Gasteiger partial charge >= 0.3 is 0 Å². The second-order valence-electron chi connectivity index (χ2n) is 5.53. The number of nitrogens with zero attached hydrogens (tertiary/aromatic N) is 4. The summed E-state index contributed by atoms with van der Waals surface area (Å²) in [6, 6.07) is 10.1. The maximum atomic E-state index is 5.42. The van der Waals surface area contributed by atoms with Gasteiger partial charge in [-0.25, -0.2) is 4.98 Å². The van der Waals surface area contributed by atoms with Gasteiger partial charge in [0.15, 0.2) is 0 Å². The molecule has 0 N–H and O–H groups in total. The maximum Gasteiger partial charge on any atom is 0.246 e. The number of aryl methyl sites for hydroxylation is 1. The van der Waals surface area contributed by atoms with E-state index < -0.39 is 0 Å². The standard InChI is InChI=1S/C17H16N4O2S/c1-11-5-6-13-12(8-11)18-15(10-22-2)21(13)9-16-19-17(20-23-16)14-4-3-7-24-14/h3-8H,9-10H2,1-2H3. The van der Waals surface area contributed by atoms with Crippen molar-refractivity contribution in [2.24, 2.45) is 0 Å². The Labute approximate surface area is 142 Å². The van der Waals surface area contributed by atoms with Gasteiger partial charge in [0.05, 0.1) is 15.9 Å². The minimum absolute atomic E-state index is 0.430. The number of ether oxygens (including phenoxy) is 1.